The molecular formula is C10H18N2. The molecule has 0 aromatic rings. The molecule has 0 aromatic carbocycles. The Hall–Kier alpha value is -0.550. The Morgan fingerprint density at radius 2 is 2.17 bits per heavy atom. The van der Waals surface area contributed by atoms with E-state index in [2.05, 4.69) is 32.2 Å². The van der Waals surface area contributed by atoms with Crippen molar-refractivity contribution in [2.75, 3.05) is 0 Å². The van der Waals surface area contributed by atoms with Crippen molar-refractivity contribution >= 4 is 0 Å². The van der Waals surface area contributed by atoms with Gasteiger partial charge in [-0.25, -0.2) is 0 Å². The number of rotatable bonds is 4. The lowest BCUT2D eigenvalue weighted by Crippen LogP contribution is -2.48. The normalized spacial score (nSPS) is 21.9. The Bertz CT molecular complexity index is 189. The van der Waals surface area contributed by atoms with Crippen molar-refractivity contribution in [1.82, 2.24) is 5.32 Å². The van der Waals surface area contributed by atoms with Gasteiger partial charge in [0.1, 0.15) is 5.54 Å². The van der Waals surface area contributed by atoms with Crippen LogP contribution in [0.25, 0.3) is 0 Å². The molecule has 0 spiro atoms. The largest absolute Gasteiger partial charge is 0.297 e. The van der Waals surface area contributed by atoms with Crippen LogP contribution in [-0.2, 0) is 0 Å². The summed E-state index contributed by atoms with van der Waals surface area (Å²) >= 11 is 0. The molecule has 0 aliphatic heterocycles. The molecule has 1 N–H and O–H groups in total. The van der Waals surface area contributed by atoms with Gasteiger partial charge in [0.15, 0.2) is 0 Å². The molecule has 1 unspecified atom stereocenters. The first-order chi connectivity index (χ1) is 5.64. The molecule has 0 radical (unpaired) electrons. The Kier molecular flexibility index (Phi) is 2.74. The van der Waals surface area contributed by atoms with Crippen LogP contribution < -0.4 is 5.32 Å². The van der Waals surface area contributed by atoms with E-state index in [0.717, 1.165) is 6.42 Å². The highest BCUT2D eigenvalue weighted by Crippen LogP contribution is 2.41. The second kappa shape index (κ2) is 3.45. The summed E-state index contributed by atoms with van der Waals surface area (Å²) in [5.74, 6) is 0.606. The SMILES string of the molecule is CCC(C#N)(NC(C)C)C1CC1. The summed E-state index contributed by atoms with van der Waals surface area (Å²) in [5.41, 5.74) is -0.228. The van der Waals surface area contributed by atoms with Crippen molar-refractivity contribution in [2.45, 2.75) is 51.6 Å². The van der Waals surface area contributed by atoms with Gasteiger partial charge in [-0.15, -0.1) is 0 Å². The third kappa shape index (κ3) is 1.78. The minimum Gasteiger partial charge on any atom is -0.297 e. The van der Waals surface area contributed by atoms with E-state index in [9.17, 15) is 0 Å². The average Bonchev–Trinajstić information content (AvgIpc) is 2.82. The molecule has 12 heavy (non-hydrogen) atoms. The summed E-state index contributed by atoms with van der Waals surface area (Å²) in [5, 5.41) is 12.5. The zero-order valence-electron chi connectivity index (χ0n) is 8.22. The maximum atomic E-state index is 9.12. The molecule has 0 aromatic heterocycles. The van der Waals surface area contributed by atoms with E-state index in [1.54, 1.807) is 0 Å². The van der Waals surface area contributed by atoms with Crippen LogP contribution in [0.4, 0.5) is 0 Å². The van der Waals surface area contributed by atoms with E-state index in [1.165, 1.54) is 12.8 Å². The standard InChI is InChI=1S/C10H18N2/c1-4-10(7-11,9-5-6-9)12-8(2)3/h8-9,12H,4-6H2,1-3H3. The summed E-state index contributed by atoms with van der Waals surface area (Å²) in [6.07, 6.45) is 3.37. The maximum Gasteiger partial charge on any atom is 0.109 e. The van der Waals surface area contributed by atoms with Crippen molar-refractivity contribution in [2.24, 2.45) is 5.92 Å². The van der Waals surface area contributed by atoms with Gasteiger partial charge in [-0.1, -0.05) is 6.92 Å². The van der Waals surface area contributed by atoms with Crippen LogP contribution in [0.2, 0.25) is 0 Å². The van der Waals surface area contributed by atoms with Gasteiger partial charge >= 0.3 is 0 Å². The summed E-state index contributed by atoms with van der Waals surface area (Å²) in [4.78, 5) is 0. The highest BCUT2D eigenvalue weighted by molar-refractivity contribution is 5.14. The second-order valence-corrected chi connectivity index (χ2v) is 4.01. The number of nitrogens with one attached hydrogen (secondary N) is 1. The predicted octanol–water partition coefficient (Wildman–Crippen LogP) is 2.07. The minimum atomic E-state index is -0.228. The van der Waals surface area contributed by atoms with Crippen molar-refractivity contribution < 1.29 is 0 Å². The van der Waals surface area contributed by atoms with E-state index >= 15 is 0 Å². The smallest absolute Gasteiger partial charge is 0.109 e. The first kappa shape index (κ1) is 9.54. The van der Waals surface area contributed by atoms with Gasteiger partial charge in [0.2, 0.25) is 0 Å². The van der Waals surface area contributed by atoms with Gasteiger partial charge in [0.05, 0.1) is 6.07 Å². The molecular weight excluding hydrogens is 148 g/mol. The molecule has 1 atom stereocenters. The van der Waals surface area contributed by atoms with E-state index < -0.39 is 0 Å². The van der Waals surface area contributed by atoms with Crippen LogP contribution in [0.3, 0.4) is 0 Å². The zero-order chi connectivity index (χ0) is 9.19. The molecule has 68 valence electrons. The molecule has 2 heteroatoms. The topological polar surface area (TPSA) is 35.8 Å². The Morgan fingerprint density at radius 1 is 1.58 bits per heavy atom. The molecule has 1 aliphatic rings. The fourth-order valence-corrected chi connectivity index (χ4v) is 1.80. The van der Waals surface area contributed by atoms with Crippen LogP contribution in [-0.4, -0.2) is 11.6 Å². The first-order valence-electron chi connectivity index (χ1n) is 4.83. The van der Waals surface area contributed by atoms with Crippen LogP contribution in [0.15, 0.2) is 0 Å². The Morgan fingerprint density at radius 3 is 2.42 bits per heavy atom. The number of nitrogens with zero attached hydrogens (tertiary/aromatic N) is 1. The summed E-state index contributed by atoms with van der Waals surface area (Å²) < 4.78 is 0. The lowest BCUT2D eigenvalue weighted by molar-refractivity contribution is 0.325. The van der Waals surface area contributed by atoms with Crippen LogP contribution in [0, 0.1) is 17.2 Å². The highest BCUT2D eigenvalue weighted by Gasteiger charge is 2.44. The second-order valence-electron chi connectivity index (χ2n) is 4.01. The zero-order valence-corrected chi connectivity index (χ0v) is 8.22. The summed E-state index contributed by atoms with van der Waals surface area (Å²) in [7, 11) is 0. The molecule has 1 rings (SSSR count). The molecule has 1 aliphatic carbocycles. The van der Waals surface area contributed by atoms with Crippen molar-refractivity contribution in [3.05, 3.63) is 0 Å². The van der Waals surface area contributed by atoms with Gasteiger partial charge in [0.25, 0.3) is 0 Å². The molecule has 0 heterocycles. The van der Waals surface area contributed by atoms with Gasteiger partial charge in [-0.2, -0.15) is 5.26 Å². The third-order valence-electron chi connectivity index (χ3n) is 2.58. The summed E-state index contributed by atoms with van der Waals surface area (Å²) in [6, 6.07) is 2.85. The molecule has 2 nitrogen and oxygen atoms in total. The molecule has 0 saturated heterocycles. The van der Waals surface area contributed by atoms with Gasteiger partial charge in [0, 0.05) is 6.04 Å². The number of hydrogen-bond acceptors (Lipinski definition) is 2. The minimum absolute atomic E-state index is 0.228. The molecule has 0 amide bonds. The Balaban J connectivity index is 2.63. The van der Waals surface area contributed by atoms with Crippen molar-refractivity contribution in [3.63, 3.8) is 0 Å². The van der Waals surface area contributed by atoms with Gasteiger partial charge in [-0.05, 0) is 39.0 Å². The lowest BCUT2D eigenvalue weighted by atomic mass is 9.91. The monoisotopic (exact) mass is 166 g/mol. The fraction of sp³-hybridized carbons (Fsp3) is 0.900. The van der Waals surface area contributed by atoms with Crippen LogP contribution >= 0.6 is 0 Å². The van der Waals surface area contributed by atoms with E-state index in [1.807, 2.05) is 0 Å². The predicted molar refractivity (Wildman–Crippen MR) is 49.6 cm³/mol. The van der Waals surface area contributed by atoms with Crippen molar-refractivity contribution in [1.29, 1.82) is 5.26 Å². The van der Waals surface area contributed by atoms with E-state index in [0.29, 0.717) is 12.0 Å². The molecule has 1 saturated carbocycles. The Labute approximate surface area is 75.0 Å². The first-order valence-corrected chi connectivity index (χ1v) is 4.83. The molecule has 1 fully saturated rings. The number of nitriles is 1. The van der Waals surface area contributed by atoms with Crippen LogP contribution in [0.5, 0.6) is 0 Å². The van der Waals surface area contributed by atoms with E-state index in [4.69, 9.17) is 5.26 Å². The highest BCUT2D eigenvalue weighted by atomic mass is 15.0. The summed E-state index contributed by atoms with van der Waals surface area (Å²) in [6.45, 7) is 6.30. The van der Waals surface area contributed by atoms with Crippen LogP contribution in [0.1, 0.15) is 40.0 Å². The fourth-order valence-electron chi connectivity index (χ4n) is 1.80. The number of hydrogen-bond donors (Lipinski definition) is 1. The van der Waals surface area contributed by atoms with E-state index in [-0.39, 0.29) is 5.54 Å². The lowest BCUT2D eigenvalue weighted by Gasteiger charge is -2.28. The average molecular weight is 166 g/mol. The third-order valence-corrected chi connectivity index (χ3v) is 2.58. The maximum absolute atomic E-state index is 9.12. The van der Waals surface area contributed by atoms with Gasteiger partial charge < -0.3 is 0 Å². The van der Waals surface area contributed by atoms with Crippen molar-refractivity contribution in [3.8, 4) is 6.07 Å². The molecule has 0 bridgehead atoms. The van der Waals surface area contributed by atoms with Gasteiger partial charge in [-0.3, -0.25) is 5.32 Å². The quantitative estimate of drug-likeness (QED) is 0.694.